The molecule has 0 bridgehead atoms. The summed E-state index contributed by atoms with van der Waals surface area (Å²) in [5, 5.41) is 16.2. The third kappa shape index (κ3) is 5.92. The van der Waals surface area contributed by atoms with Crippen molar-refractivity contribution in [1.29, 1.82) is 0 Å². The number of primary amides is 1. The summed E-state index contributed by atoms with van der Waals surface area (Å²) in [7, 11) is -3.39. The zero-order valence-electron chi connectivity index (χ0n) is 17.8. The van der Waals surface area contributed by atoms with Crippen molar-refractivity contribution in [2.75, 3.05) is 16.9 Å². The van der Waals surface area contributed by atoms with E-state index in [0.717, 1.165) is 38.4 Å². The van der Waals surface area contributed by atoms with Gasteiger partial charge in [-0.1, -0.05) is 19.4 Å². The Morgan fingerprint density at radius 2 is 1.90 bits per heavy atom. The van der Waals surface area contributed by atoms with Crippen molar-refractivity contribution < 1.29 is 18.3 Å². The molecule has 10 heteroatoms. The summed E-state index contributed by atoms with van der Waals surface area (Å²) in [6.07, 6.45) is 5.35. The number of sulfone groups is 1. The van der Waals surface area contributed by atoms with Gasteiger partial charge in [-0.05, 0) is 50.3 Å². The number of rotatable bonds is 8. The van der Waals surface area contributed by atoms with E-state index in [0.29, 0.717) is 23.6 Å². The molecule has 1 aliphatic carbocycles. The van der Waals surface area contributed by atoms with Crippen molar-refractivity contribution in [3.05, 3.63) is 35.7 Å². The zero-order chi connectivity index (χ0) is 22.6. The number of nitrogens with one attached hydrogen (secondary N) is 2. The van der Waals surface area contributed by atoms with E-state index >= 15 is 0 Å². The van der Waals surface area contributed by atoms with Gasteiger partial charge >= 0.3 is 0 Å². The molecule has 1 aromatic carbocycles. The quantitative estimate of drug-likeness (QED) is 0.482. The average Bonchev–Trinajstić information content (AvgIpc) is 2.71. The van der Waals surface area contributed by atoms with Gasteiger partial charge < -0.3 is 21.5 Å². The van der Waals surface area contributed by atoms with Gasteiger partial charge in [0.2, 0.25) is 0 Å². The zero-order valence-corrected chi connectivity index (χ0v) is 18.6. The topological polar surface area (TPSA) is 147 Å². The van der Waals surface area contributed by atoms with Crippen LogP contribution in [-0.2, 0) is 16.3 Å². The molecule has 0 atom stereocenters. The van der Waals surface area contributed by atoms with Gasteiger partial charge in [0, 0.05) is 18.0 Å². The van der Waals surface area contributed by atoms with Gasteiger partial charge in [0.15, 0.2) is 27.2 Å². The Bertz CT molecular complexity index is 1050. The molecule has 0 radical (unpaired) electrons. The second-order valence-corrected chi connectivity index (χ2v) is 9.92. The van der Waals surface area contributed by atoms with Gasteiger partial charge in [-0.3, -0.25) is 4.79 Å². The Balaban J connectivity index is 1.97. The predicted molar refractivity (Wildman–Crippen MR) is 119 cm³/mol. The molecule has 0 saturated heterocycles. The minimum atomic E-state index is -3.39. The Labute approximate surface area is 182 Å². The minimum absolute atomic E-state index is 0.00201. The summed E-state index contributed by atoms with van der Waals surface area (Å²) in [6.45, 7) is 2.01. The van der Waals surface area contributed by atoms with Crippen LogP contribution in [0.4, 0.5) is 17.3 Å². The van der Waals surface area contributed by atoms with Gasteiger partial charge in [0.25, 0.3) is 5.91 Å². The van der Waals surface area contributed by atoms with Gasteiger partial charge in [-0.2, -0.15) is 0 Å². The third-order valence-corrected chi connectivity index (χ3v) is 6.36. The van der Waals surface area contributed by atoms with Crippen LogP contribution in [0.1, 0.15) is 55.2 Å². The van der Waals surface area contributed by atoms with Crippen molar-refractivity contribution in [3.8, 4) is 0 Å². The summed E-state index contributed by atoms with van der Waals surface area (Å²) in [6, 6.07) is 6.40. The summed E-state index contributed by atoms with van der Waals surface area (Å²) >= 11 is 0. The molecule has 31 heavy (non-hydrogen) atoms. The molecule has 1 fully saturated rings. The van der Waals surface area contributed by atoms with Gasteiger partial charge in [-0.15, -0.1) is 0 Å². The maximum absolute atomic E-state index is 12.1. The molecule has 1 aromatic heterocycles. The number of nitrogens with two attached hydrogens (primary N) is 1. The van der Waals surface area contributed by atoms with Crippen molar-refractivity contribution in [3.63, 3.8) is 0 Å². The molecule has 0 aliphatic heterocycles. The van der Waals surface area contributed by atoms with Crippen molar-refractivity contribution in [2.24, 2.45) is 5.73 Å². The summed E-state index contributed by atoms with van der Waals surface area (Å²) in [5.74, 6) is 0.00492. The maximum atomic E-state index is 12.1. The van der Waals surface area contributed by atoms with E-state index < -0.39 is 15.7 Å². The molecule has 1 aliphatic rings. The van der Waals surface area contributed by atoms with Crippen LogP contribution in [0.5, 0.6) is 0 Å². The van der Waals surface area contributed by atoms with Crippen LogP contribution in [0, 0.1) is 0 Å². The van der Waals surface area contributed by atoms with Gasteiger partial charge in [-0.25, -0.2) is 18.4 Å². The van der Waals surface area contributed by atoms with E-state index in [4.69, 9.17) is 5.73 Å². The number of aliphatic hydroxyl groups excluding tert-OH is 1. The molecule has 2 aromatic rings. The van der Waals surface area contributed by atoms with E-state index in [-0.39, 0.29) is 28.6 Å². The molecule has 1 heterocycles. The number of aryl methyl sites for hydroxylation is 1. The molecule has 5 N–H and O–H groups in total. The van der Waals surface area contributed by atoms with Gasteiger partial charge in [0.05, 0.1) is 16.7 Å². The SMILES string of the molecule is CCCc1nc(C(N)=O)c(Nc2cccc(S(C)(=O)=O)c2)nc1NC1CCC(O)CC1. The number of carbonyl (C=O) groups excluding carboxylic acids is 1. The van der Waals surface area contributed by atoms with Crippen LogP contribution in [0.15, 0.2) is 29.2 Å². The lowest BCUT2D eigenvalue weighted by molar-refractivity contribution is 0.0995. The molecule has 168 valence electrons. The number of aliphatic hydroxyl groups is 1. The molecule has 0 unspecified atom stereocenters. The van der Waals surface area contributed by atoms with Crippen LogP contribution in [0.2, 0.25) is 0 Å². The molecule has 1 amide bonds. The second-order valence-electron chi connectivity index (χ2n) is 7.91. The summed E-state index contributed by atoms with van der Waals surface area (Å²) in [5.41, 5.74) is 6.66. The van der Waals surface area contributed by atoms with E-state index in [9.17, 15) is 18.3 Å². The smallest absolute Gasteiger partial charge is 0.271 e. The highest BCUT2D eigenvalue weighted by Crippen LogP contribution is 2.27. The average molecular weight is 448 g/mol. The fourth-order valence-electron chi connectivity index (χ4n) is 3.61. The van der Waals surface area contributed by atoms with Crippen LogP contribution in [-0.4, -0.2) is 47.8 Å². The molecule has 3 rings (SSSR count). The first-order valence-corrected chi connectivity index (χ1v) is 12.3. The summed E-state index contributed by atoms with van der Waals surface area (Å²) < 4.78 is 23.7. The van der Waals surface area contributed by atoms with E-state index in [1.54, 1.807) is 12.1 Å². The fourth-order valence-corrected chi connectivity index (χ4v) is 4.28. The highest BCUT2D eigenvalue weighted by Gasteiger charge is 2.23. The molecule has 0 spiro atoms. The number of amides is 1. The first-order valence-electron chi connectivity index (χ1n) is 10.4. The number of benzene rings is 1. The second kappa shape index (κ2) is 9.61. The maximum Gasteiger partial charge on any atom is 0.271 e. The molecular weight excluding hydrogens is 418 g/mol. The van der Waals surface area contributed by atoms with Gasteiger partial charge in [0.1, 0.15) is 0 Å². The lowest BCUT2D eigenvalue weighted by Gasteiger charge is -2.27. The lowest BCUT2D eigenvalue weighted by atomic mass is 9.93. The first-order chi connectivity index (χ1) is 14.7. The highest BCUT2D eigenvalue weighted by atomic mass is 32.2. The number of hydrogen-bond donors (Lipinski definition) is 4. The van der Waals surface area contributed by atoms with E-state index in [1.165, 1.54) is 12.1 Å². The number of aromatic nitrogens is 2. The van der Waals surface area contributed by atoms with Crippen LogP contribution in [0.25, 0.3) is 0 Å². The Kier molecular flexibility index (Phi) is 7.11. The van der Waals surface area contributed by atoms with Crippen LogP contribution in [0.3, 0.4) is 0 Å². The summed E-state index contributed by atoms with van der Waals surface area (Å²) in [4.78, 5) is 21.3. The Hall–Kier alpha value is -2.72. The monoisotopic (exact) mass is 447 g/mol. The number of carbonyl (C=O) groups is 1. The number of hydrogen-bond acceptors (Lipinski definition) is 8. The fraction of sp³-hybridized carbons (Fsp3) is 0.476. The largest absolute Gasteiger partial charge is 0.393 e. The van der Waals surface area contributed by atoms with E-state index in [2.05, 4.69) is 20.6 Å². The molecule has 9 nitrogen and oxygen atoms in total. The van der Waals surface area contributed by atoms with E-state index in [1.807, 2.05) is 6.92 Å². The van der Waals surface area contributed by atoms with Crippen molar-refractivity contribution in [1.82, 2.24) is 9.97 Å². The van der Waals surface area contributed by atoms with Crippen LogP contribution < -0.4 is 16.4 Å². The lowest BCUT2D eigenvalue weighted by Crippen LogP contribution is -2.29. The molecular formula is C21H29N5O4S. The Morgan fingerprint density at radius 3 is 2.52 bits per heavy atom. The van der Waals surface area contributed by atoms with Crippen molar-refractivity contribution >= 4 is 33.1 Å². The number of anilines is 3. The Morgan fingerprint density at radius 1 is 1.19 bits per heavy atom. The van der Waals surface area contributed by atoms with Crippen LogP contribution >= 0.6 is 0 Å². The number of nitrogens with zero attached hydrogens (tertiary/aromatic N) is 2. The first kappa shape index (κ1) is 23.0. The predicted octanol–water partition coefficient (Wildman–Crippen LogP) is 2.39. The minimum Gasteiger partial charge on any atom is -0.393 e. The van der Waals surface area contributed by atoms with Crippen molar-refractivity contribution in [2.45, 2.75) is 62.5 Å². The standard InChI is InChI=1S/C21H29N5O4S/c1-3-5-17-20(23-13-8-10-15(27)11-9-13)26-21(18(25-17)19(22)28)24-14-6-4-7-16(12-14)31(2,29)30/h4,6-7,12-13,15,27H,3,5,8-11H2,1-2H3,(H2,22,28)(H2,23,24,26). The molecule has 1 saturated carbocycles. The normalized spacial score (nSPS) is 19.1. The third-order valence-electron chi connectivity index (χ3n) is 5.25. The highest BCUT2D eigenvalue weighted by molar-refractivity contribution is 7.90.